The molecule has 0 aliphatic carbocycles. The average Bonchev–Trinajstić information content (AvgIpc) is 3.88. The second kappa shape index (κ2) is 14.8. The first-order valence-corrected chi connectivity index (χ1v) is 20.2. The predicted molar refractivity (Wildman–Crippen MR) is 244 cm³/mol. The number of aromatic nitrogens is 1. The summed E-state index contributed by atoms with van der Waals surface area (Å²) in [6.07, 6.45) is 0. The number of fused-ring (bicyclic) bond motifs is 6. The molecule has 10 rings (SSSR count). The van der Waals surface area contributed by atoms with Crippen LogP contribution < -0.4 is 0 Å². The van der Waals surface area contributed by atoms with E-state index in [9.17, 15) is 31.6 Å². The van der Waals surface area contributed by atoms with Crippen LogP contribution in [0.25, 0.3) is 92.2 Å². The van der Waals surface area contributed by atoms with Gasteiger partial charge in [-0.05, 0) is 82.9 Å². The van der Waals surface area contributed by atoms with Gasteiger partial charge in [0.25, 0.3) is 0 Å². The van der Waals surface area contributed by atoms with Gasteiger partial charge >= 0.3 is 0 Å². The quantitative estimate of drug-likeness (QED) is 0.169. The summed E-state index contributed by atoms with van der Waals surface area (Å²) in [6.45, 7) is 0. The van der Waals surface area contributed by atoms with Gasteiger partial charge in [0, 0.05) is 58.9 Å². The van der Waals surface area contributed by atoms with E-state index in [0.717, 1.165) is 53.6 Å². The molecule has 0 fully saturated rings. The Balaban J connectivity index is 1.23. The Labute approximate surface area is 359 Å². The van der Waals surface area contributed by atoms with Crippen LogP contribution in [0.3, 0.4) is 0 Å². The van der Waals surface area contributed by atoms with Crippen LogP contribution >= 0.6 is 11.3 Å². The molecule has 10 aromatic rings. The van der Waals surface area contributed by atoms with E-state index in [1.165, 1.54) is 35.0 Å². The summed E-state index contributed by atoms with van der Waals surface area (Å²) in [4.78, 5) is 0. The van der Waals surface area contributed by atoms with Crippen LogP contribution in [0.4, 0.5) is 0 Å². The summed E-state index contributed by atoms with van der Waals surface area (Å²) in [5, 5.41) is 66.5. The largest absolute Gasteiger partial charge is 0.309 e. The molecule has 0 saturated carbocycles. The molecule has 0 N–H and O–H groups in total. The minimum Gasteiger partial charge on any atom is -0.309 e. The minimum absolute atomic E-state index is 0.0904. The number of nitriles is 6. The number of rotatable bonds is 5. The fourth-order valence-electron chi connectivity index (χ4n) is 8.77. The Morgan fingerprint density at radius 1 is 0.371 bits per heavy atom. The maximum absolute atomic E-state index is 10.7. The van der Waals surface area contributed by atoms with E-state index in [1.54, 1.807) is 11.3 Å². The molecule has 2 aromatic heterocycles. The first-order valence-electron chi connectivity index (χ1n) is 19.4. The van der Waals surface area contributed by atoms with Crippen molar-refractivity contribution in [2.45, 2.75) is 0 Å². The van der Waals surface area contributed by atoms with Crippen LogP contribution in [0, 0.1) is 68.0 Å². The second-order valence-corrected chi connectivity index (χ2v) is 15.8. The molecule has 2 heterocycles. The van der Waals surface area contributed by atoms with Gasteiger partial charge in [0.05, 0.1) is 80.8 Å². The molecule has 8 aromatic carbocycles. The Bertz CT molecular complexity index is 3680. The normalized spacial score (nSPS) is 10.8. The van der Waals surface area contributed by atoms with E-state index < -0.39 is 0 Å². The van der Waals surface area contributed by atoms with Gasteiger partial charge in [0.2, 0.25) is 0 Å². The molecule has 0 unspecified atom stereocenters. The third-order valence-corrected chi connectivity index (χ3v) is 12.5. The number of benzene rings is 8. The van der Waals surface area contributed by atoms with Gasteiger partial charge in [-0.15, -0.1) is 11.3 Å². The average molecular weight is 804 g/mol. The van der Waals surface area contributed by atoms with E-state index in [1.807, 2.05) is 54.6 Å². The first-order chi connectivity index (χ1) is 30.5. The Morgan fingerprint density at radius 3 is 1.31 bits per heavy atom. The van der Waals surface area contributed by atoms with Crippen molar-refractivity contribution >= 4 is 53.3 Å². The fraction of sp³-hybridized carbons (Fsp3) is 0. The maximum Gasteiger partial charge on any atom is 0.0999 e. The van der Waals surface area contributed by atoms with Crippen molar-refractivity contribution in [1.29, 1.82) is 31.6 Å². The van der Waals surface area contributed by atoms with Crippen LogP contribution in [0.2, 0.25) is 0 Å². The third kappa shape index (κ3) is 5.75. The lowest BCUT2D eigenvalue weighted by Crippen LogP contribution is -2.01. The molecule has 0 aliphatic rings. The minimum atomic E-state index is 0.0904. The predicted octanol–water partition coefficient (Wildman–Crippen LogP) is 13.0. The SMILES string of the molecule is N#Cc1cc(C#N)c(-c2c(-c3ccc(-c4ccc(-n5c6ccccc6c6ccccc65)cc4)cc3)cc3sc4ccccc4c3c2-c2c(C#N)cc(C#N)cc2C#N)c(C#N)c1. The van der Waals surface area contributed by atoms with Crippen molar-refractivity contribution in [3.8, 4) is 86.6 Å². The number of para-hydroxylation sites is 2. The summed E-state index contributed by atoms with van der Waals surface area (Å²) in [5.41, 5.74) is 8.85. The van der Waals surface area contributed by atoms with Gasteiger partial charge in [-0.2, -0.15) is 31.6 Å². The highest BCUT2D eigenvalue weighted by Crippen LogP contribution is 2.52. The first kappa shape index (κ1) is 37.0. The van der Waals surface area contributed by atoms with Crippen molar-refractivity contribution in [3.05, 3.63) is 185 Å². The molecule has 0 amide bonds. The summed E-state index contributed by atoms with van der Waals surface area (Å²) in [5.74, 6) is 0. The number of nitrogens with zero attached hydrogens (tertiary/aromatic N) is 7. The molecule has 0 aliphatic heterocycles. The zero-order valence-electron chi connectivity index (χ0n) is 32.5. The van der Waals surface area contributed by atoms with Gasteiger partial charge < -0.3 is 4.57 Å². The van der Waals surface area contributed by atoms with Gasteiger partial charge in [-0.3, -0.25) is 0 Å². The molecular formula is C54H25N7S. The molecule has 8 heteroatoms. The standard InChI is InChI=1S/C54H25N7S/c55-26-32-21-37(28-57)50(38(22-32)29-58)53-45(25-49-52(44-9-3-6-12-48(44)62-49)54(53)51-39(30-59)23-33(27-56)24-40(51)31-60)36-15-13-34(14-16-36)35-17-19-41(20-18-35)61-46-10-4-1-7-42(46)43-8-2-5-11-47(43)61/h1-25H. The molecule has 282 valence electrons. The maximum atomic E-state index is 10.7. The fourth-order valence-corrected chi connectivity index (χ4v) is 9.93. The van der Waals surface area contributed by atoms with Crippen LogP contribution in [0.5, 0.6) is 0 Å². The van der Waals surface area contributed by atoms with Crippen LogP contribution in [-0.2, 0) is 0 Å². The van der Waals surface area contributed by atoms with Gasteiger partial charge in [-0.1, -0.05) is 91.0 Å². The Hall–Kier alpha value is -9.28. The second-order valence-electron chi connectivity index (χ2n) is 14.7. The van der Waals surface area contributed by atoms with Crippen LogP contribution in [-0.4, -0.2) is 4.57 Å². The van der Waals surface area contributed by atoms with E-state index in [4.69, 9.17) is 0 Å². The summed E-state index contributed by atoms with van der Waals surface area (Å²) < 4.78 is 4.09. The number of thiophene rings is 1. The van der Waals surface area contributed by atoms with Crippen molar-refractivity contribution in [1.82, 2.24) is 4.57 Å². The van der Waals surface area contributed by atoms with Crippen molar-refractivity contribution in [2.24, 2.45) is 0 Å². The molecule has 0 spiro atoms. The van der Waals surface area contributed by atoms with E-state index in [0.29, 0.717) is 16.7 Å². The summed E-state index contributed by atoms with van der Waals surface area (Å²) >= 11 is 1.55. The monoisotopic (exact) mass is 803 g/mol. The smallest absolute Gasteiger partial charge is 0.0999 e. The van der Waals surface area contributed by atoms with Crippen molar-refractivity contribution in [3.63, 3.8) is 0 Å². The topological polar surface area (TPSA) is 148 Å². The lowest BCUT2D eigenvalue weighted by atomic mass is 9.79. The molecule has 62 heavy (non-hydrogen) atoms. The zero-order valence-corrected chi connectivity index (χ0v) is 33.3. The molecular weight excluding hydrogens is 779 g/mol. The van der Waals surface area contributed by atoms with Crippen molar-refractivity contribution in [2.75, 3.05) is 0 Å². The van der Waals surface area contributed by atoms with Gasteiger partial charge in [0.15, 0.2) is 0 Å². The molecule has 0 atom stereocenters. The summed E-state index contributed by atoms with van der Waals surface area (Å²) in [6, 6.07) is 62.1. The highest BCUT2D eigenvalue weighted by molar-refractivity contribution is 7.26. The molecule has 0 bridgehead atoms. The van der Waals surface area contributed by atoms with Crippen LogP contribution in [0.15, 0.2) is 152 Å². The van der Waals surface area contributed by atoms with Gasteiger partial charge in [-0.25, -0.2) is 0 Å². The number of hydrogen-bond acceptors (Lipinski definition) is 7. The zero-order chi connectivity index (χ0) is 42.5. The molecule has 0 radical (unpaired) electrons. The lowest BCUT2D eigenvalue weighted by Gasteiger charge is -2.22. The van der Waals surface area contributed by atoms with E-state index in [-0.39, 0.29) is 44.5 Å². The summed E-state index contributed by atoms with van der Waals surface area (Å²) in [7, 11) is 0. The highest BCUT2D eigenvalue weighted by atomic mass is 32.1. The Morgan fingerprint density at radius 2 is 0.806 bits per heavy atom. The lowest BCUT2D eigenvalue weighted by molar-refractivity contribution is 1.18. The van der Waals surface area contributed by atoms with E-state index >= 15 is 0 Å². The van der Waals surface area contributed by atoms with Crippen LogP contribution in [0.1, 0.15) is 33.4 Å². The number of hydrogen-bond donors (Lipinski definition) is 0. The third-order valence-electron chi connectivity index (χ3n) is 11.4. The molecule has 0 saturated heterocycles. The van der Waals surface area contributed by atoms with Crippen molar-refractivity contribution < 1.29 is 0 Å². The highest BCUT2D eigenvalue weighted by Gasteiger charge is 2.29. The Kier molecular flexibility index (Phi) is 8.85. The van der Waals surface area contributed by atoms with Gasteiger partial charge in [0.1, 0.15) is 0 Å². The van der Waals surface area contributed by atoms with E-state index in [2.05, 4.69) is 114 Å². The molecule has 7 nitrogen and oxygen atoms in total.